The average Bonchev–Trinajstić information content (AvgIpc) is 3.44. The smallest absolute Gasteiger partial charge is 0.274 e. The van der Waals surface area contributed by atoms with E-state index < -0.39 is 0 Å². The van der Waals surface area contributed by atoms with Crippen LogP contribution in [0.1, 0.15) is 30.9 Å². The van der Waals surface area contributed by atoms with Gasteiger partial charge < -0.3 is 10.6 Å². The van der Waals surface area contributed by atoms with Crippen molar-refractivity contribution in [3.8, 4) is 5.82 Å². The molecule has 194 valence electrons. The number of anilines is 3. The Kier molecular flexibility index (Phi) is 7.92. The molecule has 4 heterocycles. The van der Waals surface area contributed by atoms with Crippen LogP contribution in [0, 0.1) is 0 Å². The van der Waals surface area contributed by atoms with Crippen LogP contribution in [0.5, 0.6) is 0 Å². The number of hydrogen-bond donors (Lipinski definition) is 2. The van der Waals surface area contributed by atoms with E-state index in [1.807, 2.05) is 48.0 Å². The van der Waals surface area contributed by atoms with Crippen molar-refractivity contribution >= 4 is 58.8 Å². The second kappa shape index (κ2) is 11.0. The van der Waals surface area contributed by atoms with Crippen molar-refractivity contribution in [1.82, 2.24) is 19.7 Å². The largest absolute Gasteiger partial charge is 0.355 e. The highest BCUT2D eigenvalue weighted by Crippen LogP contribution is 2.27. The Morgan fingerprint density at radius 1 is 0.946 bits per heavy atom. The highest BCUT2D eigenvalue weighted by atomic mass is 35.5. The Morgan fingerprint density at radius 2 is 1.73 bits per heavy atom. The molecule has 1 amide bonds. The molecule has 2 aromatic heterocycles. The SMILES string of the molecule is CCn1c(=O)c2ccc(Nc3ccc4c(c3)CNCC4)cc2n1-c1cccc(N2CCCC2=O)n1.Cl.Cl. The van der Waals surface area contributed by atoms with Gasteiger partial charge in [0.1, 0.15) is 5.82 Å². The Balaban J connectivity index is 0.00000160. The molecule has 2 aromatic carbocycles. The molecule has 0 saturated carbocycles. The number of benzene rings is 2. The summed E-state index contributed by atoms with van der Waals surface area (Å²) in [4.78, 5) is 32.0. The van der Waals surface area contributed by atoms with Gasteiger partial charge in [-0.15, -0.1) is 24.8 Å². The Labute approximate surface area is 227 Å². The van der Waals surface area contributed by atoms with E-state index in [1.165, 1.54) is 11.1 Å². The lowest BCUT2D eigenvalue weighted by Gasteiger charge is -2.18. The van der Waals surface area contributed by atoms with Gasteiger partial charge in [0, 0.05) is 37.4 Å². The zero-order valence-electron chi connectivity index (χ0n) is 20.6. The molecule has 2 aliphatic rings. The normalized spacial score (nSPS) is 14.7. The third-order valence-corrected chi connectivity index (χ3v) is 6.90. The van der Waals surface area contributed by atoms with E-state index >= 15 is 0 Å². The zero-order chi connectivity index (χ0) is 23.9. The maximum absolute atomic E-state index is 13.2. The van der Waals surface area contributed by atoms with Crippen LogP contribution in [-0.2, 0) is 24.3 Å². The summed E-state index contributed by atoms with van der Waals surface area (Å²) in [5.74, 6) is 1.33. The molecule has 37 heavy (non-hydrogen) atoms. The van der Waals surface area contributed by atoms with Crippen molar-refractivity contribution in [1.29, 1.82) is 0 Å². The molecule has 2 N–H and O–H groups in total. The molecule has 0 atom stereocenters. The number of rotatable bonds is 5. The number of halogens is 2. The summed E-state index contributed by atoms with van der Waals surface area (Å²) in [6.07, 6.45) is 2.43. The number of aromatic nitrogens is 3. The number of fused-ring (bicyclic) bond motifs is 2. The molecule has 6 rings (SSSR count). The van der Waals surface area contributed by atoms with Crippen molar-refractivity contribution in [2.24, 2.45) is 0 Å². The molecule has 8 nitrogen and oxygen atoms in total. The highest BCUT2D eigenvalue weighted by molar-refractivity contribution is 5.94. The van der Waals surface area contributed by atoms with Crippen molar-refractivity contribution in [2.75, 3.05) is 23.3 Å². The van der Waals surface area contributed by atoms with E-state index in [2.05, 4.69) is 28.8 Å². The lowest BCUT2D eigenvalue weighted by Crippen LogP contribution is -2.26. The standard InChI is InChI=1S/C27H28N6O2.2ClH/c1-2-32-27(35)22-11-10-21(29-20-9-8-18-12-13-28-17-19(18)15-20)16-23(22)33(32)25-6-3-5-24(30-25)31-14-4-7-26(31)34;;/h3,5-6,8-11,15-16,28-29H,2,4,7,12-14,17H2,1H3;2*1H. The third-order valence-electron chi connectivity index (χ3n) is 6.90. The van der Waals surface area contributed by atoms with E-state index in [1.54, 1.807) is 9.58 Å². The van der Waals surface area contributed by atoms with E-state index in [0.717, 1.165) is 42.8 Å². The number of carbonyl (C=O) groups is 1. The Bertz CT molecular complexity index is 1510. The summed E-state index contributed by atoms with van der Waals surface area (Å²) < 4.78 is 3.56. The van der Waals surface area contributed by atoms with Crippen molar-refractivity contribution in [3.05, 3.63) is 76.1 Å². The highest BCUT2D eigenvalue weighted by Gasteiger charge is 2.24. The van der Waals surface area contributed by atoms with E-state index in [0.29, 0.717) is 36.5 Å². The first-order valence-electron chi connectivity index (χ1n) is 12.3. The molecule has 0 aliphatic carbocycles. The number of nitrogens with one attached hydrogen (secondary N) is 2. The van der Waals surface area contributed by atoms with Crippen LogP contribution in [0.25, 0.3) is 16.7 Å². The topological polar surface area (TPSA) is 84.2 Å². The molecular formula is C27H30Cl2N6O2. The second-order valence-electron chi connectivity index (χ2n) is 9.10. The molecule has 0 bridgehead atoms. The van der Waals surface area contributed by atoms with Crippen molar-refractivity contribution in [2.45, 2.75) is 39.3 Å². The molecule has 0 spiro atoms. The number of hydrogen-bond acceptors (Lipinski definition) is 5. The van der Waals surface area contributed by atoms with Gasteiger partial charge in [0.05, 0.1) is 10.9 Å². The van der Waals surface area contributed by atoms with Gasteiger partial charge in [-0.05, 0) is 79.9 Å². The fourth-order valence-corrected chi connectivity index (χ4v) is 5.15. The van der Waals surface area contributed by atoms with Gasteiger partial charge in [-0.2, -0.15) is 0 Å². The lowest BCUT2D eigenvalue weighted by molar-refractivity contribution is -0.117. The minimum Gasteiger partial charge on any atom is -0.355 e. The summed E-state index contributed by atoms with van der Waals surface area (Å²) in [6.45, 7) is 5.02. The van der Waals surface area contributed by atoms with Crippen LogP contribution in [0.3, 0.4) is 0 Å². The third kappa shape index (κ3) is 4.84. The molecule has 4 aromatic rings. The number of pyridine rings is 1. The lowest BCUT2D eigenvalue weighted by atomic mass is 10.0. The second-order valence-corrected chi connectivity index (χ2v) is 9.10. The molecule has 1 saturated heterocycles. The van der Waals surface area contributed by atoms with Gasteiger partial charge in [-0.25, -0.2) is 14.3 Å². The van der Waals surface area contributed by atoms with Crippen LogP contribution in [0.2, 0.25) is 0 Å². The minimum atomic E-state index is -0.0571. The van der Waals surface area contributed by atoms with Gasteiger partial charge in [-0.1, -0.05) is 12.1 Å². The van der Waals surface area contributed by atoms with Gasteiger partial charge in [0.15, 0.2) is 5.82 Å². The predicted molar refractivity (Wildman–Crippen MR) is 152 cm³/mol. The number of amides is 1. The van der Waals surface area contributed by atoms with Crippen LogP contribution in [-0.4, -0.2) is 33.3 Å². The van der Waals surface area contributed by atoms with Crippen LogP contribution < -0.4 is 21.1 Å². The quantitative estimate of drug-likeness (QED) is 0.387. The average molecular weight is 541 g/mol. The Morgan fingerprint density at radius 3 is 2.51 bits per heavy atom. The van der Waals surface area contributed by atoms with Gasteiger partial charge in [0.25, 0.3) is 5.56 Å². The van der Waals surface area contributed by atoms with Crippen LogP contribution in [0.15, 0.2) is 59.4 Å². The van der Waals surface area contributed by atoms with Crippen molar-refractivity contribution < 1.29 is 4.79 Å². The maximum atomic E-state index is 13.2. The van der Waals surface area contributed by atoms with Gasteiger partial charge in [0.2, 0.25) is 5.91 Å². The summed E-state index contributed by atoms with van der Waals surface area (Å²) in [5.41, 5.74) is 5.34. The molecule has 0 radical (unpaired) electrons. The van der Waals surface area contributed by atoms with Gasteiger partial charge in [-0.3, -0.25) is 14.5 Å². The van der Waals surface area contributed by atoms with E-state index in [9.17, 15) is 9.59 Å². The first-order chi connectivity index (χ1) is 17.1. The minimum absolute atomic E-state index is 0. The molecule has 1 fully saturated rings. The zero-order valence-corrected chi connectivity index (χ0v) is 22.2. The van der Waals surface area contributed by atoms with E-state index in [-0.39, 0.29) is 36.3 Å². The summed E-state index contributed by atoms with van der Waals surface area (Å²) in [6, 6.07) is 17.9. The van der Waals surface area contributed by atoms with E-state index in [4.69, 9.17) is 4.98 Å². The number of carbonyl (C=O) groups excluding carboxylic acids is 1. The Hall–Kier alpha value is -3.33. The molecule has 2 aliphatic heterocycles. The summed E-state index contributed by atoms with van der Waals surface area (Å²) in [5, 5.41) is 7.57. The first-order valence-corrected chi connectivity index (χ1v) is 12.3. The molecule has 10 heteroatoms. The fraction of sp³-hybridized carbons (Fsp3) is 0.296. The predicted octanol–water partition coefficient (Wildman–Crippen LogP) is 4.57. The van der Waals surface area contributed by atoms with Crippen molar-refractivity contribution in [3.63, 3.8) is 0 Å². The molecular weight excluding hydrogens is 511 g/mol. The van der Waals surface area contributed by atoms with Crippen LogP contribution in [0.4, 0.5) is 17.2 Å². The maximum Gasteiger partial charge on any atom is 0.274 e. The molecule has 0 unspecified atom stereocenters. The monoisotopic (exact) mass is 540 g/mol. The summed E-state index contributed by atoms with van der Waals surface area (Å²) >= 11 is 0. The summed E-state index contributed by atoms with van der Waals surface area (Å²) in [7, 11) is 0. The van der Waals surface area contributed by atoms with Gasteiger partial charge >= 0.3 is 0 Å². The number of nitrogens with zero attached hydrogens (tertiary/aromatic N) is 4. The fourth-order valence-electron chi connectivity index (χ4n) is 5.15. The van der Waals surface area contributed by atoms with Crippen LogP contribution >= 0.6 is 24.8 Å². The first kappa shape index (κ1) is 26.7.